The molecule has 0 aromatic rings. The third-order valence-electron chi connectivity index (χ3n) is 6.17. The first-order valence-corrected chi connectivity index (χ1v) is 13.9. The fourth-order valence-corrected chi connectivity index (χ4v) is 4.12. The molecule has 32 heavy (non-hydrogen) atoms. The molecule has 0 fully saturated rings. The number of rotatable bonds is 25. The highest BCUT2D eigenvalue weighted by Crippen LogP contribution is 2.13. The normalized spacial score (nSPS) is 11.1. The van der Waals surface area contributed by atoms with Gasteiger partial charge in [-0.05, 0) is 12.8 Å². The molecule has 0 aromatic heterocycles. The van der Waals surface area contributed by atoms with Crippen molar-refractivity contribution < 1.29 is 9.88 Å². The molecular formula is C26H60N4O2. The molecule has 0 heterocycles. The van der Waals surface area contributed by atoms with Crippen LogP contribution in [0.25, 0.3) is 0 Å². The molecule has 0 saturated heterocycles. The van der Waals surface area contributed by atoms with Gasteiger partial charge in [0.2, 0.25) is 0 Å². The van der Waals surface area contributed by atoms with Gasteiger partial charge in [0.05, 0.1) is 0 Å². The summed E-state index contributed by atoms with van der Waals surface area (Å²) in [7, 11) is 0. The number of hydrogen-bond donors (Lipinski definition) is 3. The minimum Gasteiger partial charge on any atom is -0.220 e. The van der Waals surface area contributed by atoms with E-state index >= 15 is 0 Å². The van der Waals surface area contributed by atoms with Crippen LogP contribution in [0.3, 0.4) is 0 Å². The Bertz CT molecular complexity index is 284. The lowest BCUT2D eigenvalue weighted by Crippen LogP contribution is -2.29. The maximum Gasteiger partial charge on any atom is 0.0259 e. The molecule has 0 aromatic carbocycles. The Hall–Kier alpha value is -0.240. The lowest BCUT2D eigenvalue weighted by Gasteiger charge is -2.18. The zero-order chi connectivity index (χ0) is 24.0. The van der Waals surface area contributed by atoms with E-state index in [2.05, 4.69) is 30.6 Å². The minimum atomic E-state index is 0.991. The molecule has 0 atom stereocenters. The largest absolute Gasteiger partial charge is 0.220 e. The van der Waals surface area contributed by atoms with Crippen molar-refractivity contribution in [3.8, 4) is 0 Å². The van der Waals surface area contributed by atoms with Crippen molar-refractivity contribution in [2.75, 3.05) is 13.1 Å². The zero-order valence-electron chi connectivity index (χ0n) is 22.0. The first-order chi connectivity index (χ1) is 15.8. The average Bonchev–Trinajstić information content (AvgIpc) is 2.80. The second-order valence-corrected chi connectivity index (χ2v) is 9.24. The van der Waals surface area contributed by atoms with Crippen molar-refractivity contribution in [3.05, 3.63) is 0 Å². The molecule has 0 amide bonds. The smallest absolute Gasteiger partial charge is 0.0259 e. The van der Waals surface area contributed by atoms with Gasteiger partial charge in [-0.25, -0.2) is 9.88 Å². The molecule has 0 bridgehead atoms. The van der Waals surface area contributed by atoms with Crippen molar-refractivity contribution in [1.82, 2.24) is 5.06 Å². The van der Waals surface area contributed by atoms with E-state index in [0.717, 1.165) is 13.1 Å². The molecular weight excluding hydrogens is 400 g/mol. The quantitative estimate of drug-likeness (QED) is 0.0965. The van der Waals surface area contributed by atoms with Crippen LogP contribution >= 0.6 is 0 Å². The van der Waals surface area contributed by atoms with Crippen molar-refractivity contribution in [1.29, 1.82) is 0 Å². The summed E-state index contributed by atoms with van der Waals surface area (Å²) in [6.45, 7) is 6.56. The lowest BCUT2D eigenvalue weighted by atomic mass is 10.1. The van der Waals surface area contributed by atoms with Crippen LogP contribution in [0.2, 0.25) is 0 Å². The fraction of sp³-hybridized carbons (Fsp3) is 1.00. The Morgan fingerprint density at radius 1 is 0.406 bits per heavy atom. The van der Waals surface area contributed by atoms with E-state index in [9.17, 15) is 0 Å². The van der Waals surface area contributed by atoms with E-state index in [0.29, 0.717) is 0 Å². The molecule has 6 N–H and O–H groups in total. The van der Waals surface area contributed by atoms with Crippen LogP contribution in [0.1, 0.15) is 155 Å². The van der Waals surface area contributed by atoms with E-state index < -0.39 is 0 Å². The van der Waals surface area contributed by atoms with E-state index in [1.165, 1.54) is 141 Å². The van der Waals surface area contributed by atoms with Crippen molar-refractivity contribution >= 4 is 0 Å². The first-order valence-electron chi connectivity index (χ1n) is 13.9. The van der Waals surface area contributed by atoms with Gasteiger partial charge in [-0.2, -0.15) is 22.8 Å². The van der Waals surface area contributed by atoms with Crippen LogP contribution in [-0.2, 0) is 9.88 Å². The predicted octanol–water partition coefficient (Wildman–Crippen LogP) is 7.47. The van der Waals surface area contributed by atoms with Crippen LogP contribution in [0.4, 0.5) is 0 Å². The molecule has 6 nitrogen and oxygen atoms in total. The summed E-state index contributed by atoms with van der Waals surface area (Å²) in [5.41, 5.74) is 0. The Morgan fingerprint density at radius 3 is 0.844 bits per heavy atom. The van der Waals surface area contributed by atoms with Crippen molar-refractivity contribution in [2.24, 2.45) is 17.7 Å². The second kappa shape index (κ2) is 32.9. The molecule has 0 saturated carbocycles. The SMILES string of the molecule is CCCCCCCCCCCCCN(CCCCCCCCCCCCC)ON.NON. The summed E-state index contributed by atoms with van der Waals surface area (Å²) in [6, 6.07) is 0. The number of unbranched alkanes of at least 4 members (excludes halogenated alkanes) is 20. The molecule has 0 aliphatic carbocycles. The van der Waals surface area contributed by atoms with Crippen LogP contribution < -0.4 is 17.7 Å². The topological polar surface area (TPSA) is 99.8 Å². The number of hydrogen-bond acceptors (Lipinski definition) is 6. The van der Waals surface area contributed by atoms with Gasteiger partial charge in [-0.3, -0.25) is 0 Å². The van der Waals surface area contributed by atoms with E-state index in [1.54, 1.807) is 0 Å². The Balaban J connectivity index is 0. The number of nitrogens with two attached hydrogens (primary N) is 3. The summed E-state index contributed by atoms with van der Waals surface area (Å²) in [6.07, 6.45) is 30.4. The van der Waals surface area contributed by atoms with Crippen LogP contribution in [-0.4, -0.2) is 18.2 Å². The average molecular weight is 461 g/mol. The number of nitrogens with zero attached hydrogens (tertiary/aromatic N) is 1. The highest BCUT2D eigenvalue weighted by Gasteiger charge is 2.04. The third-order valence-corrected chi connectivity index (χ3v) is 6.17. The van der Waals surface area contributed by atoms with E-state index in [-0.39, 0.29) is 0 Å². The molecule has 0 spiro atoms. The maximum absolute atomic E-state index is 5.46. The third kappa shape index (κ3) is 31.9. The molecule has 0 rings (SSSR count). The van der Waals surface area contributed by atoms with Gasteiger partial charge in [-0.15, -0.1) is 0 Å². The van der Waals surface area contributed by atoms with Gasteiger partial charge in [0.25, 0.3) is 0 Å². The van der Waals surface area contributed by atoms with Crippen LogP contribution in [0.15, 0.2) is 0 Å². The molecule has 0 radical (unpaired) electrons. The second-order valence-electron chi connectivity index (χ2n) is 9.24. The Labute approximate surface area is 201 Å². The highest BCUT2D eigenvalue weighted by atomic mass is 16.8. The Kier molecular flexibility index (Phi) is 34.9. The summed E-state index contributed by atoms with van der Waals surface area (Å²) in [5, 5.41) is 1.97. The highest BCUT2D eigenvalue weighted by molar-refractivity contribution is 4.53. The van der Waals surface area contributed by atoms with Gasteiger partial charge in [0.1, 0.15) is 0 Å². The fourth-order valence-electron chi connectivity index (χ4n) is 4.12. The summed E-state index contributed by atoms with van der Waals surface area (Å²) in [4.78, 5) is 8.32. The van der Waals surface area contributed by atoms with Crippen LogP contribution in [0, 0.1) is 0 Å². The van der Waals surface area contributed by atoms with Crippen molar-refractivity contribution in [3.63, 3.8) is 0 Å². The van der Waals surface area contributed by atoms with Gasteiger partial charge < -0.3 is 0 Å². The molecule has 0 aliphatic rings. The Morgan fingerprint density at radius 2 is 0.625 bits per heavy atom. The first kappa shape index (κ1) is 33.9. The monoisotopic (exact) mass is 460 g/mol. The summed E-state index contributed by atoms with van der Waals surface area (Å²) in [5.74, 6) is 13.7. The summed E-state index contributed by atoms with van der Waals surface area (Å²) < 4.78 is 0. The molecule has 6 heteroatoms. The molecule has 196 valence electrons. The zero-order valence-corrected chi connectivity index (χ0v) is 22.0. The van der Waals surface area contributed by atoms with Gasteiger partial charge in [0, 0.05) is 13.1 Å². The standard InChI is InChI=1S/C26H56N2O.H4N2O/c1-3-5-7-9-11-13-15-17-19-21-23-25-28(29-27)26-24-22-20-18-16-14-12-10-8-6-4-2;1-3-2/h3-27H2,1-2H3;1-2H2. The predicted molar refractivity (Wildman–Crippen MR) is 139 cm³/mol. The van der Waals surface area contributed by atoms with Gasteiger partial charge in [-0.1, -0.05) is 142 Å². The molecule has 0 aliphatic heterocycles. The van der Waals surface area contributed by atoms with E-state index in [4.69, 9.17) is 10.8 Å². The minimum absolute atomic E-state index is 0.991. The summed E-state index contributed by atoms with van der Waals surface area (Å²) >= 11 is 0. The van der Waals surface area contributed by atoms with E-state index in [1.807, 2.05) is 5.06 Å². The number of hydroxylamine groups is 2. The maximum atomic E-state index is 5.46. The van der Waals surface area contributed by atoms with Crippen molar-refractivity contribution in [2.45, 2.75) is 155 Å². The van der Waals surface area contributed by atoms with Crippen LogP contribution in [0.5, 0.6) is 0 Å². The lowest BCUT2D eigenvalue weighted by molar-refractivity contribution is -0.164. The molecule has 0 unspecified atom stereocenters. The van der Waals surface area contributed by atoms with Gasteiger partial charge >= 0.3 is 0 Å². The van der Waals surface area contributed by atoms with Gasteiger partial charge in [0.15, 0.2) is 0 Å².